The molecule has 1 aliphatic rings. The van der Waals surface area contributed by atoms with Gasteiger partial charge >= 0.3 is 0 Å². The van der Waals surface area contributed by atoms with Crippen LogP contribution in [0.3, 0.4) is 0 Å². The Bertz CT molecular complexity index is 1070. The number of carbonyl (C=O) groups excluding carboxylic acids is 2. The molecule has 2 heterocycles. The van der Waals surface area contributed by atoms with Crippen LogP contribution in [0.15, 0.2) is 73.1 Å². The highest BCUT2D eigenvalue weighted by atomic mass is 16.5. The summed E-state index contributed by atoms with van der Waals surface area (Å²) in [5, 5.41) is 2.95. The smallest absolute Gasteiger partial charge is 0.254 e. The molecule has 6 nitrogen and oxygen atoms in total. The van der Waals surface area contributed by atoms with Crippen LogP contribution in [0.1, 0.15) is 15.9 Å². The summed E-state index contributed by atoms with van der Waals surface area (Å²) in [7, 11) is 1.65. The van der Waals surface area contributed by atoms with Gasteiger partial charge in [-0.15, -0.1) is 0 Å². The van der Waals surface area contributed by atoms with Crippen LogP contribution in [0.4, 0.5) is 0 Å². The fourth-order valence-electron chi connectivity index (χ4n) is 3.88. The molecule has 3 aromatic rings. The number of aromatic nitrogens is 1. The van der Waals surface area contributed by atoms with E-state index in [9.17, 15) is 9.59 Å². The molecule has 0 bridgehead atoms. The van der Waals surface area contributed by atoms with Crippen molar-refractivity contribution in [3.05, 3.63) is 84.2 Å². The predicted molar refractivity (Wildman–Crippen MR) is 119 cm³/mol. The fraction of sp³-hybridized carbons (Fsp3) is 0.240. The number of rotatable bonds is 5. The molecule has 1 atom stereocenters. The number of hydrogen-bond donors (Lipinski definition) is 1. The maximum absolute atomic E-state index is 12.9. The van der Waals surface area contributed by atoms with Gasteiger partial charge < -0.3 is 15.0 Å². The van der Waals surface area contributed by atoms with Crippen LogP contribution in [0.25, 0.3) is 11.1 Å². The zero-order valence-electron chi connectivity index (χ0n) is 17.5. The monoisotopic (exact) mass is 415 g/mol. The molecule has 31 heavy (non-hydrogen) atoms. The number of nitrogens with one attached hydrogen (secondary N) is 1. The Morgan fingerprint density at radius 3 is 2.61 bits per heavy atom. The van der Waals surface area contributed by atoms with Crippen molar-refractivity contribution in [1.29, 1.82) is 0 Å². The first kappa shape index (κ1) is 20.6. The van der Waals surface area contributed by atoms with E-state index in [4.69, 9.17) is 4.74 Å². The van der Waals surface area contributed by atoms with Gasteiger partial charge in [0.2, 0.25) is 5.91 Å². The molecule has 0 saturated carbocycles. The number of benzene rings is 2. The molecule has 0 radical (unpaired) electrons. The van der Waals surface area contributed by atoms with Crippen LogP contribution < -0.4 is 10.1 Å². The summed E-state index contributed by atoms with van der Waals surface area (Å²) < 4.78 is 5.33. The van der Waals surface area contributed by atoms with Crippen LogP contribution in [0.5, 0.6) is 5.75 Å². The average molecular weight is 415 g/mol. The Labute approximate surface area is 181 Å². The highest BCUT2D eigenvalue weighted by molar-refractivity contribution is 5.94. The van der Waals surface area contributed by atoms with Gasteiger partial charge in [-0.2, -0.15) is 0 Å². The minimum atomic E-state index is -0.311. The van der Waals surface area contributed by atoms with Crippen molar-refractivity contribution in [2.75, 3.05) is 26.7 Å². The quantitative estimate of drug-likeness (QED) is 0.695. The van der Waals surface area contributed by atoms with Gasteiger partial charge in [-0.3, -0.25) is 14.6 Å². The molecule has 1 fully saturated rings. The van der Waals surface area contributed by atoms with Crippen molar-refractivity contribution >= 4 is 11.8 Å². The van der Waals surface area contributed by atoms with Gasteiger partial charge in [0.1, 0.15) is 5.75 Å². The first-order chi connectivity index (χ1) is 15.1. The third kappa shape index (κ3) is 4.91. The largest absolute Gasteiger partial charge is 0.497 e. The normalized spacial score (nSPS) is 16.4. The van der Waals surface area contributed by atoms with E-state index in [-0.39, 0.29) is 17.7 Å². The molecule has 1 N–H and O–H groups in total. The molecule has 0 spiro atoms. The van der Waals surface area contributed by atoms with Crippen LogP contribution in [-0.2, 0) is 11.2 Å². The molecule has 6 heteroatoms. The maximum atomic E-state index is 12.9. The summed E-state index contributed by atoms with van der Waals surface area (Å²) in [4.78, 5) is 31.3. The Morgan fingerprint density at radius 1 is 1.10 bits per heavy atom. The molecule has 0 unspecified atom stereocenters. The number of methoxy groups -OCH3 is 1. The molecular formula is C25H25N3O3. The highest BCUT2D eigenvalue weighted by Crippen LogP contribution is 2.26. The van der Waals surface area contributed by atoms with E-state index in [1.165, 1.54) is 0 Å². The number of pyridine rings is 1. The fourth-order valence-corrected chi connectivity index (χ4v) is 3.88. The zero-order valence-corrected chi connectivity index (χ0v) is 17.5. The third-order valence-corrected chi connectivity index (χ3v) is 5.52. The molecule has 158 valence electrons. The second kappa shape index (κ2) is 9.43. The summed E-state index contributed by atoms with van der Waals surface area (Å²) >= 11 is 0. The van der Waals surface area contributed by atoms with Crippen molar-refractivity contribution in [3.8, 4) is 16.9 Å². The minimum Gasteiger partial charge on any atom is -0.497 e. The van der Waals surface area contributed by atoms with E-state index in [1.807, 2.05) is 42.5 Å². The van der Waals surface area contributed by atoms with Gasteiger partial charge in [0.05, 0.1) is 13.0 Å². The highest BCUT2D eigenvalue weighted by Gasteiger charge is 2.28. The zero-order chi connectivity index (χ0) is 21.6. The van der Waals surface area contributed by atoms with Gasteiger partial charge in [0, 0.05) is 37.6 Å². The molecule has 2 aromatic carbocycles. The van der Waals surface area contributed by atoms with Crippen LogP contribution in [0.2, 0.25) is 0 Å². The van der Waals surface area contributed by atoms with E-state index >= 15 is 0 Å². The van der Waals surface area contributed by atoms with Gasteiger partial charge in [0.15, 0.2) is 0 Å². The minimum absolute atomic E-state index is 0.0168. The van der Waals surface area contributed by atoms with Crippen LogP contribution in [0, 0.1) is 5.92 Å². The molecule has 1 aromatic heterocycles. The second-order valence-electron chi connectivity index (χ2n) is 7.61. The second-order valence-corrected chi connectivity index (χ2v) is 7.61. The van der Waals surface area contributed by atoms with E-state index in [2.05, 4.69) is 16.4 Å². The van der Waals surface area contributed by atoms with Crippen molar-refractivity contribution in [2.45, 2.75) is 6.42 Å². The molecular weight excluding hydrogens is 390 g/mol. The lowest BCUT2D eigenvalue weighted by Crippen LogP contribution is -2.37. The van der Waals surface area contributed by atoms with E-state index in [0.29, 0.717) is 31.6 Å². The van der Waals surface area contributed by atoms with Crippen molar-refractivity contribution in [2.24, 2.45) is 5.92 Å². The van der Waals surface area contributed by atoms with Gasteiger partial charge in [-0.1, -0.05) is 36.4 Å². The number of carbonyl (C=O) groups is 2. The van der Waals surface area contributed by atoms with Crippen molar-refractivity contribution < 1.29 is 14.3 Å². The molecule has 0 aliphatic carbocycles. The first-order valence-corrected chi connectivity index (χ1v) is 10.3. The Balaban J connectivity index is 1.53. The van der Waals surface area contributed by atoms with Crippen molar-refractivity contribution in [1.82, 2.24) is 15.2 Å². The predicted octanol–water partition coefficient (Wildman–Crippen LogP) is 3.19. The van der Waals surface area contributed by atoms with E-state index in [0.717, 1.165) is 22.4 Å². The molecule has 2 amide bonds. The lowest BCUT2D eigenvalue weighted by atomic mass is 9.95. The summed E-state index contributed by atoms with van der Waals surface area (Å²) in [6.07, 6.45) is 3.77. The van der Waals surface area contributed by atoms with Crippen LogP contribution in [-0.4, -0.2) is 48.4 Å². The van der Waals surface area contributed by atoms with Gasteiger partial charge in [0.25, 0.3) is 5.91 Å². The van der Waals surface area contributed by atoms with Crippen molar-refractivity contribution in [3.63, 3.8) is 0 Å². The van der Waals surface area contributed by atoms with Gasteiger partial charge in [-0.25, -0.2) is 0 Å². The average Bonchev–Trinajstić information content (AvgIpc) is 3.00. The van der Waals surface area contributed by atoms with E-state index in [1.54, 1.807) is 36.5 Å². The van der Waals surface area contributed by atoms with Crippen LogP contribution >= 0.6 is 0 Å². The Hall–Kier alpha value is -3.67. The molecule has 1 aliphatic heterocycles. The SMILES string of the molecule is COc1cccc(-c2cccc(C[C@H]3CN(C(=O)c4ccncc4)CCNC3=O)c2)c1. The maximum Gasteiger partial charge on any atom is 0.254 e. The first-order valence-electron chi connectivity index (χ1n) is 10.3. The number of ether oxygens (including phenoxy) is 1. The Morgan fingerprint density at radius 2 is 1.84 bits per heavy atom. The lowest BCUT2D eigenvalue weighted by molar-refractivity contribution is -0.124. The number of nitrogens with zero attached hydrogens (tertiary/aromatic N) is 2. The lowest BCUT2D eigenvalue weighted by Gasteiger charge is -2.23. The number of amides is 2. The topological polar surface area (TPSA) is 71.5 Å². The number of hydrogen-bond acceptors (Lipinski definition) is 4. The summed E-state index contributed by atoms with van der Waals surface area (Å²) in [5.74, 6) is 0.399. The third-order valence-electron chi connectivity index (χ3n) is 5.52. The summed E-state index contributed by atoms with van der Waals surface area (Å²) in [6, 6.07) is 19.5. The summed E-state index contributed by atoms with van der Waals surface area (Å²) in [5.41, 5.74) is 3.76. The molecule has 4 rings (SSSR count). The summed E-state index contributed by atoms with van der Waals surface area (Å²) in [6.45, 7) is 1.33. The molecule has 1 saturated heterocycles. The van der Waals surface area contributed by atoms with E-state index < -0.39 is 0 Å². The standard InChI is InChI=1S/C25H25N3O3/c1-31-23-7-3-6-21(16-23)20-5-2-4-18(14-20)15-22-17-28(13-12-27-24(22)29)25(30)19-8-10-26-11-9-19/h2-11,14,16,22H,12-13,15,17H2,1H3,(H,27,29)/t22-/m0/s1. The van der Waals surface area contributed by atoms with Gasteiger partial charge in [-0.05, 0) is 47.4 Å². The Kier molecular flexibility index (Phi) is 6.26.